The first-order valence-corrected chi connectivity index (χ1v) is 6.77. The van der Waals surface area contributed by atoms with E-state index in [1.807, 2.05) is 6.26 Å². The first-order chi connectivity index (χ1) is 8.40. The molecule has 0 spiro atoms. The summed E-state index contributed by atoms with van der Waals surface area (Å²) >= 11 is 0. The van der Waals surface area contributed by atoms with Gasteiger partial charge in [0.25, 0.3) is 0 Å². The van der Waals surface area contributed by atoms with Crippen LogP contribution in [-0.2, 0) is 4.74 Å². The number of hydrogen-bond acceptors (Lipinski definition) is 3. The molecule has 1 aromatic heterocycles. The third-order valence-electron chi connectivity index (χ3n) is 3.44. The normalized spacial score (nSPS) is 21.8. The van der Waals surface area contributed by atoms with Gasteiger partial charge in [0.15, 0.2) is 0 Å². The van der Waals surface area contributed by atoms with E-state index < -0.39 is 0 Å². The molecule has 17 heavy (non-hydrogen) atoms. The van der Waals surface area contributed by atoms with Gasteiger partial charge >= 0.3 is 0 Å². The number of rotatable bonds is 7. The fraction of sp³-hybridized carbons (Fsp3) is 0.714. The average Bonchev–Trinajstić information content (AvgIpc) is 3.01. The maximum atomic E-state index is 5.65. The summed E-state index contributed by atoms with van der Waals surface area (Å²) in [6.45, 7) is 4.10. The van der Waals surface area contributed by atoms with Crippen molar-refractivity contribution in [3.8, 4) is 0 Å². The van der Waals surface area contributed by atoms with Gasteiger partial charge in [-0.25, -0.2) is 0 Å². The predicted octanol–water partition coefficient (Wildman–Crippen LogP) is 3.28. The molecule has 1 fully saturated rings. The monoisotopic (exact) mass is 237 g/mol. The van der Waals surface area contributed by atoms with Gasteiger partial charge in [0.1, 0.15) is 0 Å². The molecule has 2 rings (SSSR count). The summed E-state index contributed by atoms with van der Waals surface area (Å²) in [4.78, 5) is 0. The van der Waals surface area contributed by atoms with Gasteiger partial charge in [0.2, 0.25) is 0 Å². The summed E-state index contributed by atoms with van der Waals surface area (Å²) in [5.74, 6) is 0. The van der Waals surface area contributed by atoms with Gasteiger partial charge < -0.3 is 14.5 Å². The van der Waals surface area contributed by atoms with E-state index in [4.69, 9.17) is 9.15 Å². The first-order valence-electron chi connectivity index (χ1n) is 6.77. The summed E-state index contributed by atoms with van der Waals surface area (Å²) in [6, 6.07) is 2.49. The van der Waals surface area contributed by atoms with Gasteiger partial charge in [0.05, 0.1) is 18.6 Å². The van der Waals surface area contributed by atoms with Gasteiger partial charge in [-0.05, 0) is 44.7 Å². The van der Waals surface area contributed by atoms with Gasteiger partial charge in [-0.3, -0.25) is 0 Å². The van der Waals surface area contributed by atoms with Crippen LogP contribution in [0.15, 0.2) is 23.0 Å². The standard InChI is InChI=1S/C14H23NO2/c1-2-15-14(12-8-10-16-11-12)7-3-5-13-6-4-9-17-13/h8,10-11,13-15H,2-7,9H2,1H3. The summed E-state index contributed by atoms with van der Waals surface area (Å²) < 4.78 is 10.8. The zero-order valence-electron chi connectivity index (χ0n) is 10.7. The van der Waals surface area contributed by atoms with E-state index >= 15 is 0 Å². The van der Waals surface area contributed by atoms with Crippen LogP contribution in [0.1, 0.15) is 50.6 Å². The van der Waals surface area contributed by atoms with Crippen molar-refractivity contribution in [3.05, 3.63) is 24.2 Å². The van der Waals surface area contributed by atoms with E-state index in [-0.39, 0.29) is 0 Å². The number of furan rings is 1. The lowest BCUT2D eigenvalue weighted by Gasteiger charge is -2.17. The third-order valence-corrected chi connectivity index (χ3v) is 3.44. The van der Waals surface area contributed by atoms with E-state index in [0.29, 0.717) is 12.1 Å². The molecule has 0 aliphatic carbocycles. The quantitative estimate of drug-likeness (QED) is 0.790. The van der Waals surface area contributed by atoms with Crippen molar-refractivity contribution in [2.45, 2.75) is 51.2 Å². The molecule has 1 N–H and O–H groups in total. The van der Waals surface area contributed by atoms with Gasteiger partial charge in [0, 0.05) is 18.2 Å². The molecule has 1 aliphatic heterocycles. The van der Waals surface area contributed by atoms with Crippen LogP contribution in [0.3, 0.4) is 0 Å². The molecular weight excluding hydrogens is 214 g/mol. The highest BCUT2D eigenvalue weighted by Crippen LogP contribution is 2.23. The highest BCUT2D eigenvalue weighted by atomic mass is 16.5. The summed E-state index contributed by atoms with van der Waals surface area (Å²) in [5, 5.41) is 3.51. The van der Waals surface area contributed by atoms with Crippen LogP contribution < -0.4 is 5.32 Å². The maximum Gasteiger partial charge on any atom is 0.0950 e. The van der Waals surface area contributed by atoms with E-state index in [2.05, 4.69) is 18.3 Å². The second-order valence-corrected chi connectivity index (χ2v) is 4.73. The van der Waals surface area contributed by atoms with Crippen molar-refractivity contribution < 1.29 is 9.15 Å². The van der Waals surface area contributed by atoms with Gasteiger partial charge in [-0.15, -0.1) is 0 Å². The molecule has 2 heterocycles. The van der Waals surface area contributed by atoms with Crippen LogP contribution >= 0.6 is 0 Å². The Morgan fingerprint density at radius 1 is 1.53 bits per heavy atom. The fourth-order valence-corrected chi connectivity index (χ4v) is 2.53. The van der Waals surface area contributed by atoms with Crippen molar-refractivity contribution in [3.63, 3.8) is 0 Å². The molecule has 2 unspecified atom stereocenters. The SMILES string of the molecule is CCNC(CCCC1CCCO1)c1ccoc1. The Hall–Kier alpha value is -0.800. The van der Waals surface area contributed by atoms with E-state index in [9.17, 15) is 0 Å². The van der Waals surface area contributed by atoms with Crippen molar-refractivity contribution >= 4 is 0 Å². The summed E-state index contributed by atoms with van der Waals surface area (Å²) in [5.41, 5.74) is 1.26. The maximum absolute atomic E-state index is 5.65. The van der Waals surface area contributed by atoms with Crippen LogP contribution in [0.25, 0.3) is 0 Å². The fourth-order valence-electron chi connectivity index (χ4n) is 2.53. The summed E-state index contributed by atoms with van der Waals surface area (Å²) in [7, 11) is 0. The second-order valence-electron chi connectivity index (χ2n) is 4.73. The average molecular weight is 237 g/mol. The minimum absolute atomic E-state index is 0.431. The topological polar surface area (TPSA) is 34.4 Å². The van der Waals surface area contributed by atoms with Crippen molar-refractivity contribution in [1.82, 2.24) is 5.32 Å². The molecule has 3 nitrogen and oxygen atoms in total. The smallest absolute Gasteiger partial charge is 0.0950 e. The molecule has 1 saturated heterocycles. The molecule has 0 bridgehead atoms. The summed E-state index contributed by atoms with van der Waals surface area (Å²) in [6.07, 6.45) is 10.2. The van der Waals surface area contributed by atoms with Crippen molar-refractivity contribution in [2.75, 3.05) is 13.2 Å². The lowest BCUT2D eigenvalue weighted by Crippen LogP contribution is -2.20. The zero-order valence-corrected chi connectivity index (χ0v) is 10.7. The highest BCUT2D eigenvalue weighted by Gasteiger charge is 2.17. The number of ether oxygens (including phenoxy) is 1. The molecule has 1 aromatic rings. The third kappa shape index (κ3) is 3.86. The van der Waals surface area contributed by atoms with Crippen molar-refractivity contribution in [2.24, 2.45) is 0 Å². The molecule has 0 amide bonds. The Morgan fingerprint density at radius 3 is 3.12 bits per heavy atom. The lowest BCUT2D eigenvalue weighted by atomic mass is 10.0. The molecular formula is C14H23NO2. The number of nitrogens with one attached hydrogen (secondary N) is 1. The van der Waals surface area contributed by atoms with E-state index in [1.54, 1.807) is 6.26 Å². The second kappa shape index (κ2) is 6.82. The Kier molecular flexibility index (Phi) is 5.08. The van der Waals surface area contributed by atoms with Gasteiger partial charge in [-0.1, -0.05) is 6.92 Å². The minimum Gasteiger partial charge on any atom is -0.472 e. The zero-order chi connectivity index (χ0) is 11.9. The molecule has 0 saturated carbocycles. The Balaban J connectivity index is 1.73. The Bertz CT molecular complexity index is 291. The van der Waals surface area contributed by atoms with Crippen LogP contribution in [0.5, 0.6) is 0 Å². The van der Waals surface area contributed by atoms with Crippen LogP contribution in [-0.4, -0.2) is 19.3 Å². The van der Waals surface area contributed by atoms with E-state index in [0.717, 1.165) is 19.6 Å². The largest absolute Gasteiger partial charge is 0.472 e. The Morgan fingerprint density at radius 2 is 2.47 bits per heavy atom. The van der Waals surface area contributed by atoms with Crippen LogP contribution in [0.4, 0.5) is 0 Å². The molecule has 3 heteroatoms. The predicted molar refractivity (Wildman–Crippen MR) is 68.0 cm³/mol. The highest BCUT2D eigenvalue weighted by molar-refractivity contribution is 5.11. The van der Waals surface area contributed by atoms with Gasteiger partial charge in [-0.2, -0.15) is 0 Å². The minimum atomic E-state index is 0.431. The van der Waals surface area contributed by atoms with Crippen LogP contribution in [0.2, 0.25) is 0 Å². The van der Waals surface area contributed by atoms with Crippen LogP contribution in [0, 0.1) is 0 Å². The van der Waals surface area contributed by atoms with E-state index in [1.165, 1.54) is 31.2 Å². The molecule has 0 radical (unpaired) electrons. The first kappa shape index (κ1) is 12.7. The van der Waals surface area contributed by atoms with Crippen molar-refractivity contribution in [1.29, 1.82) is 0 Å². The molecule has 96 valence electrons. The molecule has 0 aromatic carbocycles. The molecule has 1 aliphatic rings. The lowest BCUT2D eigenvalue weighted by molar-refractivity contribution is 0.101. The Labute approximate surface area is 104 Å². The molecule has 2 atom stereocenters. The number of hydrogen-bond donors (Lipinski definition) is 1.